The Bertz CT molecular complexity index is 445. The SMILES string of the molecule is CCc1noc(CC)c1CC(=O)NCC1(O)CCSC1. The number of rotatable bonds is 6. The fraction of sp³-hybridized carbons (Fsp3) is 0.714. The molecule has 2 N–H and O–H groups in total. The predicted octanol–water partition coefficient (Wildman–Crippen LogP) is 1.33. The quantitative estimate of drug-likeness (QED) is 0.828. The number of nitrogens with zero attached hydrogens (tertiary/aromatic N) is 1. The van der Waals surface area contributed by atoms with Crippen molar-refractivity contribution in [2.24, 2.45) is 0 Å². The molecule has 1 aliphatic heterocycles. The van der Waals surface area contributed by atoms with Gasteiger partial charge in [0.1, 0.15) is 5.76 Å². The maximum Gasteiger partial charge on any atom is 0.224 e. The molecule has 0 saturated carbocycles. The molecule has 0 radical (unpaired) electrons. The fourth-order valence-corrected chi connectivity index (χ4v) is 3.65. The van der Waals surface area contributed by atoms with E-state index >= 15 is 0 Å². The van der Waals surface area contributed by atoms with Crippen molar-refractivity contribution in [2.75, 3.05) is 18.1 Å². The first-order valence-corrected chi connectivity index (χ1v) is 8.26. The topological polar surface area (TPSA) is 75.4 Å². The molecule has 1 aromatic rings. The van der Waals surface area contributed by atoms with Crippen LogP contribution in [0.3, 0.4) is 0 Å². The summed E-state index contributed by atoms with van der Waals surface area (Å²) < 4.78 is 5.25. The van der Waals surface area contributed by atoms with Crippen LogP contribution >= 0.6 is 11.8 Å². The molecule has 5 nitrogen and oxygen atoms in total. The summed E-state index contributed by atoms with van der Waals surface area (Å²) in [7, 11) is 0. The summed E-state index contributed by atoms with van der Waals surface area (Å²) in [6, 6.07) is 0. The van der Waals surface area contributed by atoms with Crippen LogP contribution in [0.15, 0.2) is 4.52 Å². The number of amides is 1. The highest BCUT2D eigenvalue weighted by Gasteiger charge is 2.32. The number of carbonyl (C=O) groups is 1. The molecule has 0 spiro atoms. The van der Waals surface area contributed by atoms with Gasteiger partial charge in [-0.05, 0) is 18.6 Å². The van der Waals surface area contributed by atoms with Crippen LogP contribution in [0.5, 0.6) is 0 Å². The second-order valence-corrected chi connectivity index (χ2v) is 6.32. The lowest BCUT2D eigenvalue weighted by molar-refractivity contribution is -0.121. The van der Waals surface area contributed by atoms with Crippen LogP contribution in [-0.4, -0.2) is 39.8 Å². The van der Waals surface area contributed by atoms with E-state index in [0.717, 1.165) is 42.0 Å². The second-order valence-electron chi connectivity index (χ2n) is 5.22. The minimum absolute atomic E-state index is 0.0806. The van der Waals surface area contributed by atoms with Crippen LogP contribution < -0.4 is 5.32 Å². The van der Waals surface area contributed by atoms with Gasteiger partial charge < -0.3 is 14.9 Å². The highest BCUT2D eigenvalue weighted by atomic mass is 32.2. The molecular weight excluding hydrogens is 276 g/mol. The van der Waals surface area contributed by atoms with E-state index in [1.165, 1.54) is 0 Å². The van der Waals surface area contributed by atoms with E-state index < -0.39 is 5.60 Å². The molecule has 1 aliphatic rings. The van der Waals surface area contributed by atoms with E-state index in [2.05, 4.69) is 10.5 Å². The Hall–Kier alpha value is -1.01. The van der Waals surface area contributed by atoms with E-state index in [-0.39, 0.29) is 12.3 Å². The van der Waals surface area contributed by atoms with Crippen LogP contribution in [-0.2, 0) is 24.1 Å². The normalized spacial score (nSPS) is 22.1. The Morgan fingerprint density at radius 1 is 1.50 bits per heavy atom. The van der Waals surface area contributed by atoms with Gasteiger partial charge in [0.25, 0.3) is 0 Å². The molecule has 1 aromatic heterocycles. The molecule has 1 unspecified atom stereocenters. The molecule has 1 saturated heterocycles. The number of aromatic nitrogens is 1. The Labute approximate surface area is 123 Å². The van der Waals surface area contributed by atoms with Gasteiger partial charge in [-0.25, -0.2) is 0 Å². The molecule has 1 fully saturated rings. The first kappa shape index (κ1) is 15.4. The molecule has 0 aromatic carbocycles. The van der Waals surface area contributed by atoms with E-state index in [0.29, 0.717) is 12.3 Å². The van der Waals surface area contributed by atoms with Gasteiger partial charge >= 0.3 is 0 Å². The number of nitrogens with one attached hydrogen (secondary N) is 1. The summed E-state index contributed by atoms with van der Waals surface area (Å²) in [6.45, 7) is 4.31. The highest BCUT2D eigenvalue weighted by Crippen LogP contribution is 2.27. The molecule has 20 heavy (non-hydrogen) atoms. The summed E-state index contributed by atoms with van der Waals surface area (Å²) in [5.74, 6) is 2.36. The number of thioether (sulfide) groups is 1. The average molecular weight is 298 g/mol. The van der Waals surface area contributed by atoms with Gasteiger partial charge in [0, 0.05) is 24.3 Å². The fourth-order valence-electron chi connectivity index (χ4n) is 2.36. The third-order valence-electron chi connectivity index (χ3n) is 3.64. The van der Waals surface area contributed by atoms with Crippen molar-refractivity contribution in [3.8, 4) is 0 Å². The van der Waals surface area contributed by atoms with Crippen molar-refractivity contribution in [3.63, 3.8) is 0 Å². The highest BCUT2D eigenvalue weighted by molar-refractivity contribution is 7.99. The van der Waals surface area contributed by atoms with Gasteiger partial charge in [0.15, 0.2) is 0 Å². The molecule has 0 aliphatic carbocycles. The molecule has 1 atom stereocenters. The van der Waals surface area contributed by atoms with Crippen molar-refractivity contribution in [3.05, 3.63) is 17.0 Å². The van der Waals surface area contributed by atoms with Crippen molar-refractivity contribution < 1.29 is 14.4 Å². The zero-order chi connectivity index (χ0) is 14.6. The van der Waals surface area contributed by atoms with Crippen LogP contribution in [0, 0.1) is 0 Å². The van der Waals surface area contributed by atoms with Crippen LogP contribution in [0.2, 0.25) is 0 Å². The molecule has 1 amide bonds. The number of hydrogen-bond acceptors (Lipinski definition) is 5. The van der Waals surface area contributed by atoms with Gasteiger partial charge in [-0.2, -0.15) is 11.8 Å². The van der Waals surface area contributed by atoms with Crippen molar-refractivity contribution in [1.82, 2.24) is 10.5 Å². The Kier molecular flexibility index (Phi) is 5.10. The van der Waals surface area contributed by atoms with Gasteiger partial charge in [-0.3, -0.25) is 4.79 Å². The average Bonchev–Trinajstić information content (AvgIpc) is 3.03. The maximum absolute atomic E-state index is 12.0. The first-order chi connectivity index (χ1) is 9.58. The number of aliphatic hydroxyl groups is 1. The van der Waals surface area contributed by atoms with Crippen LogP contribution in [0.4, 0.5) is 0 Å². The standard InChI is InChI=1S/C14H22N2O3S/c1-3-11-10(12(4-2)19-16-11)7-13(17)15-8-14(18)5-6-20-9-14/h18H,3-9H2,1-2H3,(H,15,17). The number of carbonyl (C=O) groups excluding carboxylic acids is 1. The molecule has 2 rings (SSSR count). The zero-order valence-corrected chi connectivity index (χ0v) is 12.9. The van der Waals surface area contributed by atoms with Crippen molar-refractivity contribution in [1.29, 1.82) is 0 Å². The summed E-state index contributed by atoms with van der Waals surface area (Å²) in [5.41, 5.74) is 1.02. The van der Waals surface area contributed by atoms with Gasteiger partial charge in [-0.1, -0.05) is 19.0 Å². The Balaban J connectivity index is 1.92. The summed E-state index contributed by atoms with van der Waals surface area (Å²) in [4.78, 5) is 12.0. The number of aryl methyl sites for hydroxylation is 2. The molecular formula is C14H22N2O3S. The third-order valence-corrected chi connectivity index (χ3v) is 4.88. The summed E-state index contributed by atoms with van der Waals surface area (Å²) in [5, 5.41) is 17.0. The maximum atomic E-state index is 12.0. The monoisotopic (exact) mass is 298 g/mol. The van der Waals surface area contributed by atoms with E-state index in [1.807, 2.05) is 13.8 Å². The minimum atomic E-state index is -0.740. The second kappa shape index (κ2) is 6.63. The van der Waals surface area contributed by atoms with E-state index in [9.17, 15) is 9.90 Å². The van der Waals surface area contributed by atoms with Gasteiger partial charge in [-0.15, -0.1) is 0 Å². The minimum Gasteiger partial charge on any atom is -0.387 e. The lowest BCUT2D eigenvalue weighted by atomic mass is 10.0. The lowest BCUT2D eigenvalue weighted by Gasteiger charge is -2.21. The van der Waals surface area contributed by atoms with Gasteiger partial charge in [0.05, 0.1) is 17.7 Å². The predicted molar refractivity (Wildman–Crippen MR) is 78.9 cm³/mol. The third kappa shape index (κ3) is 3.55. The molecule has 6 heteroatoms. The van der Waals surface area contributed by atoms with Crippen molar-refractivity contribution in [2.45, 2.75) is 45.1 Å². The van der Waals surface area contributed by atoms with Crippen molar-refractivity contribution >= 4 is 17.7 Å². The van der Waals surface area contributed by atoms with Gasteiger partial charge in [0.2, 0.25) is 5.91 Å². The molecule has 112 valence electrons. The van der Waals surface area contributed by atoms with Crippen LogP contribution in [0.25, 0.3) is 0 Å². The molecule has 0 bridgehead atoms. The summed E-state index contributed by atoms with van der Waals surface area (Å²) >= 11 is 1.72. The largest absolute Gasteiger partial charge is 0.387 e. The van der Waals surface area contributed by atoms with E-state index in [1.54, 1.807) is 11.8 Å². The zero-order valence-electron chi connectivity index (χ0n) is 12.1. The Morgan fingerprint density at radius 3 is 2.90 bits per heavy atom. The van der Waals surface area contributed by atoms with E-state index in [4.69, 9.17) is 4.52 Å². The summed E-state index contributed by atoms with van der Waals surface area (Å²) in [6.07, 6.45) is 2.51. The Morgan fingerprint density at radius 2 is 2.30 bits per heavy atom. The lowest BCUT2D eigenvalue weighted by Crippen LogP contribution is -2.43. The molecule has 2 heterocycles. The number of hydrogen-bond donors (Lipinski definition) is 2. The first-order valence-electron chi connectivity index (χ1n) is 7.11. The smallest absolute Gasteiger partial charge is 0.224 e. The van der Waals surface area contributed by atoms with Crippen LogP contribution in [0.1, 0.15) is 37.3 Å².